The fraction of sp³-hybridized carbons (Fsp3) is 0.0169. The zero-order chi connectivity index (χ0) is 40.1. The minimum absolute atomic E-state index is 0.450. The first kappa shape index (κ1) is 34.4. The lowest BCUT2D eigenvalue weighted by atomic mass is 9.70. The highest BCUT2D eigenvalue weighted by Gasteiger charge is 2.51. The SMILES string of the molecule is c1cc(-c2cccc3c2sc2ccccc23)cc(N(c2ccc3c(c2)C2(c4ccccc4-c4ccccc42)c2ccccc2-3)c2ccccc2-c2cccc3ccccc23)c1. The van der Waals surface area contributed by atoms with Gasteiger partial charge in [-0.2, -0.15) is 0 Å². The molecule has 0 saturated carbocycles. The van der Waals surface area contributed by atoms with Crippen LogP contribution in [0.2, 0.25) is 0 Å². The van der Waals surface area contributed by atoms with Crippen molar-refractivity contribution < 1.29 is 0 Å². The standard InChI is InChI=1S/C59H37NS/c1-2-20-42-38(16-1)17-14-27-44(42)49-24-6-11-32-56(49)60(40-19-13-18-39(36-40)43-26-15-28-51-50-25-7-12-33-57(50)61-58(43)51)41-34-35-48-47-23-5-10-31-54(47)59(55(48)37-41)52-29-8-3-21-45(52)46-22-4-9-30-53(46)59/h1-37H. The van der Waals surface area contributed by atoms with Crippen molar-refractivity contribution in [3.8, 4) is 44.5 Å². The third-order valence-corrected chi connectivity index (χ3v) is 14.5. The highest BCUT2D eigenvalue weighted by atomic mass is 32.1. The van der Waals surface area contributed by atoms with E-state index in [4.69, 9.17) is 0 Å². The molecule has 0 aliphatic heterocycles. The van der Waals surface area contributed by atoms with Crippen molar-refractivity contribution in [2.45, 2.75) is 5.41 Å². The van der Waals surface area contributed by atoms with E-state index in [9.17, 15) is 0 Å². The number of thiophene rings is 1. The summed E-state index contributed by atoms with van der Waals surface area (Å²) in [6.45, 7) is 0. The molecule has 0 amide bonds. The van der Waals surface area contributed by atoms with Crippen LogP contribution in [0.1, 0.15) is 22.3 Å². The summed E-state index contributed by atoms with van der Waals surface area (Å²) in [5.41, 5.74) is 18.4. The molecule has 0 saturated heterocycles. The van der Waals surface area contributed by atoms with E-state index in [0.29, 0.717) is 0 Å². The number of hydrogen-bond acceptors (Lipinski definition) is 2. The summed E-state index contributed by atoms with van der Waals surface area (Å²) in [6, 6.07) is 83.6. The van der Waals surface area contributed by atoms with Crippen molar-refractivity contribution in [3.63, 3.8) is 0 Å². The maximum atomic E-state index is 2.51. The maximum absolute atomic E-state index is 2.51. The number of fused-ring (bicyclic) bond motifs is 14. The van der Waals surface area contributed by atoms with Gasteiger partial charge in [-0.25, -0.2) is 0 Å². The number of para-hydroxylation sites is 1. The van der Waals surface area contributed by atoms with Gasteiger partial charge in [-0.3, -0.25) is 0 Å². The van der Waals surface area contributed by atoms with Crippen molar-refractivity contribution in [1.29, 1.82) is 0 Å². The second-order valence-corrected chi connectivity index (χ2v) is 17.4. The quantitative estimate of drug-likeness (QED) is 0.168. The van der Waals surface area contributed by atoms with Gasteiger partial charge in [0.1, 0.15) is 0 Å². The average Bonchev–Trinajstić information content (AvgIpc) is 3.96. The van der Waals surface area contributed by atoms with E-state index in [2.05, 4.69) is 229 Å². The van der Waals surface area contributed by atoms with Gasteiger partial charge in [0.25, 0.3) is 0 Å². The summed E-state index contributed by atoms with van der Waals surface area (Å²) in [6.07, 6.45) is 0. The summed E-state index contributed by atoms with van der Waals surface area (Å²) >= 11 is 1.88. The molecule has 0 fully saturated rings. The van der Waals surface area contributed by atoms with Gasteiger partial charge in [-0.15, -0.1) is 11.3 Å². The number of anilines is 3. The average molecular weight is 792 g/mol. The molecular weight excluding hydrogens is 755 g/mol. The first-order valence-corrected chi connectivity index (χ1v) is 21.9. The van der Waals surface area contributed by atoms with Gasteiger partial charge in [0.05, 0.1) is 11.1 Å². The number of hydrogen-bond donors (Lipinski definition) is 0. The van der Waals surface area contributed by atoms with Gasteiger partial charge >= 0.3 is 0 Å². The highest BCUT2D eigenvalue weighted by Crippen LogP contribution is 2.63. The largest absolute Gasteiger partial charge is 0.310 e. The molecule has 0 atom stereocenters. The van der Waals surface area contributed by atoms with E-state index < -0.39 is 5.41 Å². The third kappa shape index (κ3) is 4.88. The van der Waals surface area contributed by atoms with Gasteiger partial charge in [-0.1, -0.05) is 188 Å². The molecular formula is C59H37NS. The van der Waals surface area contributed by atoms with Crippen LogP contribution in [0.5, 0.6) is 0 Å². The summed E-state index contributed by atoms with van der Waals surface area (Å²) in [5, 5.41) is 5.09. The summed E-state index contributed by atoms with van der Waals surface area (Å²) in [7, 11) is 0. The van der Waals surface area contributed by atoms with Crippen molar-refractivity contribution >= 4 is 59.3 Å². The number of rotatable bonds is 5. The van der Waals surface area contributed by atoms with E-state index in [1.54, 1.807) is 0 Å². The van der Waals surface area contributed by atoms with Crippen molar-refractivity contribution in [2.75, 3.05) is 4.90 Å². The van der Waals surface area contributed by atoms with Crippen LogP contribution in [0.15, 0.2) is 224 Å². The Morgan fingerprint density at radius 3 is 1.62 bits per heavy atom. The summed E-state index contributed by atoms with van der Waals surface area (Å²) in [4.78, 5) is 2.51. The monoisotopic (exact) mass is 791 g/mol. The maximum Gasteiger partial charge on any atom is 0.0726 e. The number of nitrogens with zero attached hydrogens (tertiary/aromatic N) is 1. The minimum Gasteiger partial charge on any atom is -0.310 e. The molecule has 1 spiro atoms. The molecule has 61 heavy (non-hydrogen) atoms. The lowest BCUT2D eigenvalue weighted by molar-refractivity contribution is 0.793. The Balaban J connectivity index is 1.08. The van der Waals surface area contributed by atoms with Gasteiger partial charge in [-0.05, 0) is 108 Å². The molecule has 1 aromatic heterocycles. The first-order chi connectivity index (χ1) is 30.3. The third-order valence-electron chi connectivity index (χ3n) is 13.3. The molecule has 11 aromatic rings. The van der Waals surface area contributed by atoms with E-state index >= 15 is 0 Å². The van der Waals surface area contributed by atoms with Crippen LogP contribution in [-0.2, 0) is 5.41 Å². The molecule has 1 nitrogen and oxygen atoms in total. The molecule has 2 aliphatic rings. The molecule has 0 N–H and O–H groups in total. The topological polar surface area (TPSA) is 3.24 Å². The minimum atomic E-state index is -0.450. The van der Waals surface area contributed by atoms with Crippen LogP contribution in [0.4, 0.5) is 17.1 Å². The van der Waals surface area contributed by atoms with Crippen LogP contribution in [0.3, 0.4) is 0 Å². The second-order valence-electron chi connectivity index (χ2n) is 16.3. The predicted octanol–water partition coefficient (Wildman–Crippen LogP) is 16.4. The molecule has 284 valence electrons. The van der Waals surface area contributed by atoms with Crippen molar-refractivity contribution in [1.82, 2.24) is 0 Å². The van der Waals surface area contributed by atoms with Crippen LogP contribution < -0.4 is 4.90 Å². The zero-order valence-electron chi connectivity index (χ0n) is 33.2. The van der Waals surface area contributed by atoms with Gasteiger partial charge < -0.3 is 4.90 Å². The fourth-order valence-corrected chi connectivity index (χ4v) is 12.0. The molecule has 13 rings (SSSR count). The van der Waals surface area contributed by atoms with E-state index in [1.807, 2.05) is 11.3 Å². The molecule has 0 unspecified atom stereocenters. The van der Waals surface area contributed by atoms with Crippen LogP contribution in [-0.4, -0.2) is 0 Å². The lowest BCUT2D eigenvalue weighted by Gasteiger charge is -2.33. The van der Waals surface area contributed by atoms with Crippen LogP contribution >= 0.6 is 11.3 Å². The Hall–Kier alpha value is -7.52. The predicted molar refractivity (Wildman–Crippen MR) is 259 cm³/mol. The summed E-state index contributed by atoms with van der Waals surface area (Å²) in [5.74, 6) is 0. The Labute approximate surface area is 359 Å². The molecule has 1 heterocycles. The van der Waals surface area contributed by atoms with E-state index in [1.165, 1.54) is 97.7 Å². The van der Waals surface area contributed by atoms with Crippen LogP contribution in [0.25, 0.3) is 75.5 Å². The van der Waals surface area contributed by atoms with Gasteiger partial charge in [0.15, 0.2) is 0 Å². The number of benzene rings is 10. The Morgan fingerprint density at radius 1 is 0.328 bits per heavy atom. The fourth-order valence-electron chi connectivity index (χ4n) is 10.8. The van der Waals surface area contributed by atoms with Crippen molar-refractivity contribution in [3.05, 3.63) is 247 Å². The Bertz CT molecular complexity index is 3500. The van der Waals surface area contributed by atoms with Gasteiger partial charge in [0.2, 0.25) is 0 Å². The highest BCUT2D eigenvalue weighted by molar-refractivity contribution is 7.26. The van der Waals surface area contributed by atoms with E-state index in [-0.39, 0.29) is 0 Å². The Morgan fingerprint density at radius 2 is 0.852 bits per heavy atom. The second kappa shape index (κ2) is 13.2. The molecule has 0 bridgehead atoms. The lowest BCUT2D eigenvalue weighted by Crippen LogP contribution is -2.26. The van der Waals surface area contributed by atoms with E-state index in [0.717, 1.165) is 17.1 Å². The van der Waals surface area contributed by atoms with Gasteiger partial charge in [0, 0.05) is 37.1 Å². The van der Waals surface area contributed by atoms with Crippen molar-refractivity contribution in [2.24, 2.45) is 0 Å². The molecule has 2 heteroatoms. The molecule has 2 aliphatic carbocycles. The smallest absolute Gasteiger partial charge is 0.0726 e. The Kier molecular flexibility index (Phi) is 7.46. The normalized spacial score (nSPS) is 13.0. The molecule has 0 radical (unpaired) electrons. The first-order valence-electron chi connectivity index (χ1n) is 21.1. The van der Waals surface area contributed by atoms with Crippen LogP contribution in [0, 0.1) is 0 Å². The zero-order valence-corrected chi connectivity index (χ0v) is 34.0. The summed E-state index contributed by atoms with van der Waals surface area (Å²) < 4.78 is 2.63. The molecule has 10 aromatic carbocycles.